The van der Waals surface area contributed by atoms with Crippen molar-refractivity contribution in [2.75, 3.05) is 10.5 Å². The molecule has 0 saturated carbocycles. The Labute approximate surface area is 99.4 Å². The molecule has 0 radical (unpaired) electrons. The van der Waals surface area contributed by atoms with E-state index in [4.69, 9.17) is 5.73 Å². The first-order valence-electron chi connectivity index (χ1n) is 4.86. The van der Waals surface area contributed by atoms with E-state index >= 15 is 0 Å². The first-order chi connectivity index (χ1) is 8.08. The number of nitrogens with two attached hydrogens (primary N) is 1. The number of benzene rings is 1. The van der Waals surface area contributed by atoms with Crippen LogP contribution in [0.2, 0.25) is 0 Å². The molecule has 0 unspecified atom stereocenters. The van der Waals surface area contributed by atoms with Gasteiger partial charge in [0.05, 0.1) is 16.8 Å². The maximum absolute atomic E-state index is 12.0. The van der Waals surface area contributed by atoms with Crippen LogP contribution in [0.3, 0.4) is 0 Å². The number of nitrogen functional groups attached to an aromatic ring is 1. The molecule has 0 saturated heterocycles. The van der Waals surface area contributed by atoms with E-state index in [9.17, 15) is 8.42 Å². The number of sulfonamides is 1. The fourth-order valence-corrected chi connectivity index (χ4v) is 2.42. The van der Waals surface area contributed by atoms with Gasteiger partial charge in [-0.2, -0.15) is 0 Å². The minimum Gasteiger partial charge on any atom is -0.399 e. The summed E-state index contributed by atoms with van der Waals surface area (Å²) in [6.45, 7) is 0. The summed E-state index contributed by atoms with van der Waals surface area (Å²) in [7, 11) is -3.61. The molecular formula is C11H11N3O2S. The van der Waals surface area contributed by atoms with Crippen molar-refractivity contribution in [1.29, 1.82) is 0 Å². The van der Waals surface area contributed by atoms with Crippen molar-refractivity contribution in [3.8, 4) is 0 Å². The van der Waals surface area contributed by atoms with E-state index in [1.807, 2.05) is 0 Å². The molecule has 0 amide bonds. The number of pyridine rings is 1. The van der Waals surface area contributed by atoms with E-state index in [0.29, 0.717) is 11.4 Å². The van der Waals surface area contributed by atoms with Gasteiger partial charge in [0.2, 0.25) is 0 Å². The smallest absolute Gasteiger partial charge is 0.262 e. The number of aromatic nitrogens is 1. The molecule has 2 aromatic rings. The third kappa shape index (κ3) is 2.73. The van der Waals surface area contributed by atoms with Crippen LogP contribution in [-0.4, -0.2) is 13.4 Å². The second-order valence-corrected chi connectivity index (χ2v) is 5.10. The molecular weight excluding hydrogens is 238 g/mol. The highest BCUT2D eigenvalue weighted by Crippen LogP contribution is 2.16. The third-order valence-electron chi connectivity index (χ3n) is 2.08. The van der Waals surface area contributed by atoms with Gasteiger partial charge in [-0.05, 0) is 30.3 Å². The molecule has 0 aliphatic rings. The van der Waals surface area contributed by atoms with Crippen LogP contribution in [-0.2, 0) is 10.0 Å². The zero-order chi connectivity index (χ0) is 12.3. The van der Waals surface area contributed by atoms with Crippen molar-refractivity contribution >= 4 is 21.4 Å². The lowest BCUT2D eigenvalue weighted by molar-refractivity contribution is 0.601. The minimum atomic E-state index is -3.61. The molecule has 1 aromatic heterocycles. The van der Waals surface area contributed by atoms with Crippen LogP contribution in [0.1, 0.15) is 0 Å². The molecule has 3 N–H and O–H groups in total. The molecule has 0 atom stereocenters. The topological polar surface area (TPSA) is 85.1 Å². The predicted octanol–water partition coefficient (Wildman–Crippen LogP) is 1.46. The lowest BCUT2D eigenvalue weighted by Crippen LogP contribution is -2.13. The van der Waals surface area contributed by atoms with Gasteiger partial charge in [-0.15, -0.1) is 0 Å². The van der Waals surface area contributed by atoms with E-state index in [1.165, 1.54) is 18.3 Å². The number of nitrogens with one attached hydrogen (secondary N) is 1. The van der Waals surface area contributed by atoms with Gasteiger partial charge in [-0.1, -0.05) is 6.07 Å². The van der Waals surface area contributed by atoms with Crippen LogP contribution in [0.15, 0.2) is 53.7 Å². The second kappa shape index (κ2) is 4.42. The van der Waals surface area contributed by atoms with Crippen LogP contribution in [0.25, 0.3) is 0 Å². The number of hydrogen-bond donors (Lipinski definition) is 2. The molecule has 0 aliphatic heterocycles. The minimum absolute atomic E-state index is 0.126. The number of anilines is 2. The predicted molar refractivity (Wildman–Crippen MR) is 65.9 cm³/mol. The fraction of sp³-hybridized carbons (Fsp3) is 0. The SMILES string of the molecule is Nc1cccc(S(=O)(=O)Nc2cccnc2)c1. The summed E-state index contributed by atoms with van der Waals surface area (Å²) in [6.07, 6.45) is 3.00. The molecule has 6 heteroatoms. The molecule has 88 valence electrons. The van der Waals surface area contributed by atoms with Crippen molar-refractivity contribution in [2.24, 2.45) is 0 Å². The average Bonchev–Trinajstić information content (AvgIpc) is 2.30. The zero-order valence-electron chi connectivity index (χ0n) is 8.87. The molecule has 1 heterocycles. The van der Waals surface area contributed by atoms with Crippen LogP contribution in [0, 0.1) is 0 Å². The van der Waals surface area contributed by atoms with E-state index in [-0.39, 0.29) is 4.90 Å². The van der Waals surface area contributed by atoms with Gasteiger partial charge in [0.15, 0.2) is 0 Å². The fourth-order valence-electron chi connectivity index (χ4n) is 1.32. The Balaban J connectivity index is 2.32. The van der Waals surface area contributed by atoms with Crippen LogP contribution in [0.5, 0.6) is 0 Å². The highest BCUT2D eigenvalue weighted by atomic mass is 32.2. The molecule has 2 rings (SSSR count). The van der Waals surface area contributed by atoms with Gasteiger partial charge in [-0.25, -0.2) is 8.42 Å². The van der Waals surface area contributed by atoms with Gasteiger partial charge >= 0.3 is 0 Å². The summed E-state index contributed by atoms with van der Waals surface area (Å²) in [4.78, 5) is 3.95. The van der Waals surface area contributed by atoms with Crippen molar-refractivity contribution in [2.45, 2.75) is 4.90 Å². The summed E-state index contributed by atoms with van der Waals surface area (Å²) in [5.41, 5.74) is 6.36. The Morgan fingerprint density at radius 2 is 2.00 bits per heavy atom. The lowest BCUT2D eigenvalue weighted by Gasteiger charge is -2.07. The number of rotatable bonds is 3. The summed E-state index contributed by atoms with van der Waals surface area (Å²) in [6, 6.07) is 9.37. The zero-order valence-corrected chi connectivity index (χ0v) is 9.68. The summed E-state index contributed by atoms with van der Waals surface area (Å²) in [5, 5.41) is 0. The first-order valence-corrected chi connectivity index (χ1v) is 6.35. The molecule has 0 aliphatic carbocycles. The van der Waals surface area contributed by atoms with Gasteiger partial charge in [0.25, 0.3) is 10.0 Å². The van der Waals surface area contributed by atoms with Crippen molar-refractivity contribution in [1.82, 2.24) is 4.98 Å². The third-order valence-corrected chi connectivity index (χ3v) is 3.46. The van der Waals surface area contributed by atoms with Gasteiger partial charge < -0.3 is 5.73 Å². The van der Waals surface area contributed by atoms with Crippen molar-refractivity contribution < 1.29 is 8.42 Å². The van der Waals surface area contributed by atoms with E-state index in [1.54, 1.807) is 30.5 Å². The second-order valence-electron chi connectivity index (χ2n) is 3.42. The number of nitrogens with zero attached hydrogens (tertiary/aromatic N) is 1. The molecule has 0 spiro atoms. The molecule has 17 heavy (non-hydrogen) atoms. The Kier molecular flexibility index (Phi) is 2.97. The van der Waals surface area contributed by atoms with E-state index < -0.39 is 10.0 Å². The Morgan fingerprint density at radius 1 is 1.18 bits per heavy atom. The summed E-state index contributed by atoms with van der Waals surface area (Å²) in [5.74, 6) is 0. The van der Waals surface area contributed by atoms with Gasteiger partial charge in [0, 0.05) is 11.9 Å². The van der Waals surface area contributed by atoms with Crippen LogP contribution in [0.4, 0.5) is 11.4 Å². The summed E-state index contributed by atoms with van der Waals surface area (Å²) >= 11 is 0. The average molecular weight is 249 g/mol. The van der Waals surface area contributed by atoms with Gasteiger partial charge in [0.1, 0.15) is 0 Å². The lowest BCUT2D eigenvalue weighted by atomic mass is 10.3. The summed E-state index contributed by atoms with van der Waals surface area (Å²) < 4.78 is 26.3. The highest BCUT2D eigenvalue weighted by Gasteiger charge is 2.13. The molecule has 5 nitrogen and oxygen atoms in total. The molecule has 0 bridgehead atoms. The highest BCUT2D eigenvalue weighted by molar-refractivity contribution is 7.92. The van der Waals surface area contributed by atoms with E-state index in [0.717, 1.165) is 0 Å². The van der Waals surface area contributed by atoms with Gasteiger partial charge in [-0.3, -0.25) is 9.71 Å². The van der Waals surface area contributed by atoms with Crippen molar-refractivity contribution in [3.63, 3.8) is 0 Å². The largest absolute Gasteiger partial charge is 0.399 e. The quantitative estimate of drug-likeness (QED) is 0.806. The maximum Gasteiger partial charge on any atom is 0.262 e. The molecule has 0 fully saturated rings. The normalized spacial score (nSPS) is 11.1. The Morgan fingerprint density at radius 3 is 2.65 bits per heavy atom. The maximum atomic E-state index is 12.0. The Bertz CT molecular complexity index is 612. The Hall–Kier alpha value is -2.08. The standard InChI is InChI=1S/C11H11N3O2S/c12-9-3-1-5-11(7-9)17(15,16)14-10-4-2-6-13-8-10/h1-8,14H,12H2. The number of hydrogen-bond acceptors (Lipinski definition) is 4. The first kappa shape index (κ1) is 11.4. The van der Waals surface area contributed by atoms with Crippen LogP contribution < -0.4 is 10.5 Å². The molecule has 1 aromatic carbocycles. The van der Waals surface area contributed by atoms with Crippen LogP contribution >= 0.6 is 0 Å². The van der Waals surface area contributed by atoms with Crippen molar-refractivity contribution in [3.05, 3.63) is 48.8 Å². The van der Waals surface area contributed by atoms with E-state index in [2.05, 4.69) is 9.71 Å². The monoisotopic (exact) mass is 249 g/mol.